The monoisotopic (exact) mass is 346 g/mol. The molecule has 1 aromatic rings. The summed E-state index contributed by atoms with van der Waals surface area (Å²) in [6.07, 6.45) is 2.60. The van der Waals surface area contributed by atoms with Crippen molar-refractivity contribution in [2.75, 3.05) is 26.3 Å². The zero-order chi connectivity index (χ0) is 15.7. The molecule has 1 fully saturated rings. The summed E-state index contributed by atoms with van der Waals surface area (Å²) in [5.41, 5.74) is 5.73. The van der Waals surface area contributed by atoms with E-state index in [2.05, 4.69) is 0 Å². The molecular weight excluding hydrogens is 328 g/mol. The molecule has 22 heavy (non-hydrogen) atoms. The van der Waals surface area contributed by atoms with Crippen LogP contribution in [0.2, 0.25) is 5.02 Å². The third-order valence-corrected chi connectivity index (χ3v) is 6.45. The predicted octanol–water partition coefficient (Wildman–Crippen LogP) is 1.61. The average Bonchev–Trinajstić information content (AvgIpc) is 2.54. The molecule has 0 saturated carbocycles. The van der Waals surface area contributed by atoms with Crippen LogP contribution in [0.25, 0.3) is 0 Å². The highest BCUT2D eigenvalue weighted by Crippen LogP contribution is 2.39. The van der Waals surface area contributed by atoms with E-state index in [0.29, 0.717) is 37.8 Å². The fourth-order valence-electron chi connectivity index (χ4n) is 2.90. The predicted molar refractivity (Wildman–Crippen MR) is 83.0 cm³/mol. The van der Waals surface area contributed by atoms with Gasteiger partial charge in [0.05, 0.1) is 5.02 Å². The van der Waals surface area contributed by atoms with Crippen LogP contribution in [-0.4, -0.2) is 45.1 Å². The quantitative estimate of drug-likeness (QED) is 0.899. The molecule has 8 heteroatoms. The first kappa shape index (κ1) is 15.9. The lowest BCUT2D eigenvalue weighted by molar-refractivity contribution is 0.171. The molecule has 1 unspecified atom stereocenters. The number of benzene rings is 1. The Labute approximate surface area is 135 Å². The second-order valence-corrected chi connectivity index (χ2v) is 7.69. The number of rotatable bonds is 3. The first-order valence-electron chi connectivity index (χ1n) is 7.35. The van der Waals surface area contributed by atoms with Crippen molar-refractivity contribution >= 4 is 21.6 Å². The van der Waals surface area contributed by atoms with E-state index in [-0.39, 0.29) is 16.0 Å². The van der Waals surface area contributed by atoms with Crippen molar-refractivity contribution in [3.05, 3.63) is 17.2 Å². The van der Waals surface area contributed by atoms with Crippen LogP contribution in [-0.2, 0) is 10.0 Å². The number of fused-ring (bicyclic) bond motifs is 1. The molecule has 0 aromatic heterocycles. The van der Waals surface area contributed by atoms with Gasteiger partial charge in [-0.05, 0) is 12.8 Å². The molecule has 2 N–H and O–H groups in total. The van der Waals surface area contributed by atoms with Gasteiger partial charge in [0.2, 0.25) is 10.0 Å². The van der Waals surface area contributed by atoms with Gasteiger partial charge in [-0.15, -0.1) is 0 Å². The molecule has 2 aliphatic heterocycles. The molecule has 2 aliphatic rings. The standard InChI is InChI=1S/C14H19ClN2O4S/c15-11-7-12-13(21-6-5-20-12)8-14(11)22(18,19)17-4-2-1-3-10(17)9-16/h7-8,10H,1-6,9,16H2. The Hall–Kier alpha value is -1.02. The Morgan fingerprint density at radius 3 is 2.59 bits per heavy atom. The topological polar surface area (TPSA) is 81.9 Å². The average molecular weight is 347 g/mol. The summed E-state index contributed by atoms with van der Waals surface area (Å²) >= 11 is 6.18. The molecule has 0 radical (unpaired) electrons. The molecule has 122 valence electrons. The zero-order valence-electron chi connectivity index (χ0n) is 12.1. The molecule has 6 nitrogen and oxygen atoms in total. The summed E-state index contributed by atoms with van der Waals surface area (Å²) in [4.78, 5) is 0.0544. The number of nitrogens with zero attached hydrogens (tertiary/aromatic N) is 1. The van der Waals surface area contributed by atoms with Crippen molar-refractivity contribution in [2.24, 2.45) is 5.73 Å². The maximum Gasteiger partial charge on any atom is 0.244 e. The summed E-state index contributed by atoms with van der Waals surface area (Å²) in [6.45, 7) is 1.59. The van der Waals surface area contributed by atoms with Crippen molar-refractivity contribution in [3.63, 3.8) is 0 Å². The Morgan fingerprint density at radius 1 is 1.23 bits per heavy atom. The van der Waals surface area contributed by atoms with Gasteiger partial charge in [-0.25, -0.2) is 8.42 Å². The molecule has 0 amide bonds. The zero-order valence-corrected chi connectivity index (χ0v) is 13.7. The Morgan fingerprint density at radius 2 is 1.91 bits per heavy atom. The first-order chi connectivity index (χ1) is 10.5. The molecule has 3 rings (SSSR count). The van der Waals surface area contributed by atoms with Gasteiger partial charge in [-0.1, -0.05) is 18.0 Å². The number of sulfonamides is 1. The normalized spacial score (nSPS) is 22.5. The van der Waals surface area contributed by atoms with Crippen molar-refractivity contribution < 1.29 is 17.9 Å². The maximum absolute atomic E-state index is 13.0. The smallest absolute Gasteiger partial charge is 0.244 e. The Bertz CT molecular complexity index is 665. The van der Waals surface area contributed by atoms with Gasteiger partial charge in [0, 0.05) is 31.3 Å². The summed E-state index contributed by atoms with van der Waals surface area (Å²) in [7, 11) is -3.70. The Kier molecular flexibility index (Phi) is 4.49. The van der Waals surface area contributed by atoms with E-state index in [1.165, 1.54) is 16.4 Å². The van der Waals surface area contributed by atoms with Gasteiger partial charge in [-0.2, -0.15) is 4.31 Å². The van der Waals surface area contributed by atoms with E-state index in [1.807, 2.05) is 0 Å². The van der Waals surface area contributed by atoms with Gasteiger partial charge in [0.15, 0.2) is 11.5 Å². The van der Waals surface area contributed by atoms with E-state index in [9.17, 15) is 8.42 Å². The van der Waals surface area contributed by atoms with Gasteiger partial charge in [0.25, 0.3) is 0 Å². The second kappa shape index (κ2) is 6.23. The van der Waals surface area contributed by atoms with Crippen LogP contribution in [0.1, 0.15) is 19.3 Å². The van der Waals surface area contributed by atoms with E-state index in [1.54, 1.807) is 0 Å². The van der Waals surface area contributed by atoms with Gasteiger partial charge in [-0.3, -0.25) is 0 Å². The minimum absolute atomic E-state index is 0.0544. The summed E-state index contributed by atoms with van der Waals surface area (Å²) in [5.74, 6) is 0.889. The highest BCUT2D eigenvalue weighted by molar-refractivity contribution is 7.89. The maximum atomic E-state index is 13.0. The Balaban J connectivity index is 2.01. The molecule has 0 bridgehead atoms. The molecule has 2 heterocycles. The minimum atomic E-state index is -3.70. The third kappa shape index (κ3) is 2.78. The van der Waals surface area contributed by atoms with Crippen LogP contribution in [0.3, 0.4) is 0 Å². The number of hydrogen-bond donors (Lipinski definition) is 1. The van der Waals surface area contributed by atoms with Crippen LogP contribution < -0.4 is 15.2 Å². The van der Waals surface area contributed by atoms with Crippen LogP contribution in [0.4, 0.5) is 0 Å². The number of nitrogens with two attached hydrogens (primary N) is 1. The highest BCUT2D eigenvalue weighted by Gasteiger charge is 2.35. The third-order valence-electron chi connectivity index (χ3n) is 4.03. The summed E-state index contributed by atoms with van der Waals surface area (Å²) in [6, 6.07) is 2.78. The lowest BCUT2D eigenvalue weighted by atomic mass is 10.1. The van der Waals surface area contributed by atoms with Gasteiger partial charge in [0.1, 0.15) is 18.1 Å². The number of halogens is 1. The minimum Gasteiger partial charge on any atom is -0.486 e. The lowest BCUT2D eigenvalue weighted by Gasteiger charge is -2.34. The van der Waals surface area contributed by atoms with Crippen molar-refractivity contribution in [2.45, 2.75) is 30.2 Å². The first-order valence-corrected chi connectivity index (χ1v) is 9.17. The van der Waals surface area contributed by atoms with E-state index >= 15 is 0 Å². The highest BCUT2D eigenvalue weighted by atomic mass is 35.5. The molecule has 0 aliphatic carbocycles. The largest absolute Gasteiger partial charge is 0.486 e. The van der Waals surface area contributed by atoms with Crippen LogP contribution >= 0.6 is 11.6 Å². The molecular formula is C14H19ClN2O4S. The van der Waals surface area contributed by atoms with Crippen LogP contribution in [0.15, 0.2) is 17.0 Å². The lowest BCUT2D eigenvalue weighted by Crippen LogP contribution is -2.47. The summed E-state index contributed by atoms with van der Waals surface area (Å²) < 4.78 is 38.3. The van der Waals surface area contributed by atoms with Crippen molar-refractivity contribution in [3.8, 4) is 11.5 Å². The molecule has 0 spiro atoms. The number of piperidine rings is 1. The number of ether oxygens (including phenoxy) is 2. The fraction of sp³-hybridized carbons (Fsp3) is 0.571. The second-order valence-electron chi connectivity index (χ2n) is 5.43. The van der Waals surface area contributed by atoms with Crippen molar-refractivity contribution in [1.82, 2.24) is 4.31 Å². The fourth-order valence-corrected chi connectivity index (χ4v) is 5.11. The van der Waals surface area contributed by atoms with Crippen LogP contribution in [0, 0.1) is 0 Å². The van der Waals surface area contributed by atoms with Crippen molar-refractivity contribution in [1.29, 1.82) is 0 Å². The van der Waals surface area contributed by atoms with Gasteiger partial charge >= 0.3 is 0 Å². The summed E-state index contributed by atoms with van der Waals surface area (Å²) in [5, 5.41) is 0.144. The van der Waals surface area contributed by atoms with Crippen LogP contribution in [0.5, 0.6) is 11.5 Å². The molecule has 1 saturated heterocycles. The number of hydrogen-bond acceptors (Lipinski definition) is 5. The van der Waals surface area contributed by atoms with E-state index in [4.69, 9.17) is 26.8 Å². The molecule has 1 atom stereocenters. The van der Waals surface area contributed by atoms with E-state index < -0.39 is 10.0 Å². The molecule has 1 aromatic carbocycles. The van der Waals surface area contributed by atoms with E-state index in [0.717, 1.165) is 19.3 Å². The SMILES string of the molecule is NCC1CCCCN1S(=O)(=O)c1cc2c(cc1Cl)OCCO2. The van der Waals surface area contributed by atoms with Gasteiger partial charge < -0.3 is 15.2 Å².